The monoisotopic (exact) mass is 367 g/mol. The lowest BCUT2D eigenvalue weighted by atomic mass is 10.0. The van der Waals surface area contributed by atoms with Crippen molar-refractivity contribution in [3.63, 3.8) is 0 Å². The van der Waals surface area contributed by atoms with Gasteiger partial charge in [-0.15, -0.1) is 0 Å². The molecular weight excluding hydrogens is 349 g/mol. The van der Waals surface area contributed by atoms with Gasteiger partial charge in [0.1, 0.15) is 5.82 Å². The van der Waals surface area contributed by atoms with E-state index in [0.29, 0.717) is 5.52 Å². The molecule has 0 amide bonds. The van der Waals surface area contributed by atoms with Gasteiger partial charge in [-0.25, -0.2) is 9.37 Å². The maximum absolute atomic E-state index is 13.8. The summed E-state index contributed by atoms with van der Waals surface area (Å²) in [5, 5.41) is 3.31. The molecule has 0 bridgehead atoms. The van der Waals surface area contributed by atoms with Crippen LogP contribution in [0.1, 0.15) is 18.5 Å². The van der Waals surface area contributed by atoms with Crippen molar-refractivity contribution < 1.29 is 4.39 Å². The first-order chi connectivity index (χ1) is 13.7. The molecule has 0 fully saturated rings. The number of hydrogen-bond donors (Lipinski definition) is 0. The molecular formula is C24H18FN3. The average molecular weight is 367 g/mol. The maximum atomic E-state index is 13.8. The first kappa shape index (κ1) is 16.6. The van der Waals surface area contributed by atoms with Crippen molar-refractivity contribution in [1.82, 2.24) is 14.5 Å². The highest BCUT2D eigenvalue weighted by atomic mass is 19.1. The molecule has 0 saturated carbocycles. The van der Waals surface area contributed by atoms with E-state index in [1.165, 1.54) is 22.9 Å². The minimum atomic E-state index is -0.288. The molecule has 3 aromatic heterocycles. The molecule has 0 aliphatic carbocycles. The van der Waals surface area contributed by atoms with Crippen LogP contribution in [0.2, 0.25) is 0 Å². The van der Waals surface area contributed by atoms with Gasteiger partial charge in [0.15, 0.2) is 0 Å². The van der Waals surface area contributed by atoms with E-state index in [0.717, 1.165) is 22.3 Å². The van der Waals surface area contributed by atoms with Crippen molar-refractivity contribution in [2.45, 2.75) is 13.0 Å². The molecule has 5 rings (SSSR count). The van der Waals surface area contributed by atoms with E-state index in [9.17, 15) is 4.39 Å². The Hall–Kier alpha value is -3.53. The normalized spacial score (nSPS) is 12.5. The summed E-state index contributed by atoms with van der Waals surface area (Å²) in [6, 6.07) is 20.9. The van der Waals surface area contributed by atoms with Gasteiger partial charge < -0.3 is 4.57 Å². The highest BCUT2D eigenvalue weighted by Crippen LogP contribution is 2.32. The predicted molar refractivity (Wildman–Crippen MR) is 111 cm³/mol. The molecule has 3 nitrogen and oxygen atoms in total. The molecule has 5 aromatic rings. The summed E-state index contributed by atoms with van der Waals surface area (Å²) < 4.78 is 16.0. The Morgan fingerprint density at radius 2 is 1.61 bits per heavy atom. The third-order valence-corrected chi connectivity index (χ3v) is 5.19. The van der Waals surface area contributed by atoms with Crippen LogP contribution in [0.15, 0.2) is 85.3 Å². The van der Waals surface area contributed by atoms with Crippen LogP contribution in [0.3, 0.4) is 0 Å². The van der Waals surface area contributed by atoms with Crippen LogP contribution in [0, 0.1) is 5.82 Å². The van der Waals surface area contributed by atoms with Crippen molar-refractivity contribution in [2.24, 2.45) is 0 Å². The van der Waals surface area contributed by atoms with Gasteiger partial charge in [-0.2, -0.15) is 0 Å². The number of pyridine rings is 2. The number of nitrogens with zero attached hydrogens (tertiary/aromatic N) is 3. The van der Waals surface area contributed by atoms with Crippen LogP contribution in [0.4, 0.5) is 4.39 Å². The summed E-state index contributed by atoms with van der Waals surface area (Å²) in [6.07, 6.45) is 6.05. The Morgan fingerprint density at radius 1 is 0.857 bits per heavy atom. The van der Waals surface area contributed by atoms with E-state index in [1.807, 2.05) is 30.3 Å². The van der Waals surface area contributed by atoms with Gasteiger partial charge in [-0.05, 0) is 48.0 Å². The average Bonchev–Trinajstić information content (AvgIpc) is 3.17. The van der Waals surface area contributed by atoms with Gasteiger partial charge >= 0.3 is 0 Å². The first-order valence-electron chi connectivity index (χ1n) is 9.27. The zero-order chi connectivity index (χ0) is 19.1. The van der Waals surface area contributed by atoms with Crippen molar-refractivity contribution in [2.75, 3.05) is 0 Å². The van der Waals surface area contributed by atoms with Crippen LogP contribution in [0.25, 0.3) is 33.1 Å². The molecule has 3 heterocycles. The SMILES string of the molecule is C[C@@H](c1cc2ccc(F)cc2nc1-c1ccccn1)n1cc2ccccc2c1. The molecule has 4 heteroatoms. The lowest BCUT2D eigenvalue weighted by molar-refractivity contribution is 0.629. The lowest BCUT2D eigenvalue weighted by Crippen LogP contribution is -2.08. The molecule has 0 aliphatic heterocycles. The van der Waals surface area contributed by atoms with Crippen LogP contribution in [0.5, 0.6) is 0 Å². The van der Waals surface area contributed by atoms with Gasteiger partial charge in [-0.3, -0.25) is 4.98 Å². The molecule has 0 N–H and O–H groups in total. The summed E-state index contributed by atoms with van der Waals surface area (Å²) in [4.78, 5) is 9.28. The number of hydrogen-bond acceptors (Lipinski definition) is 2. The van der Waals surface area contributed by atoms with E-state index in [1.54, 1.807) is 12.3 Å². The molecule has 136 valence electrons. The third-order valence-electron chi connectivity index (χ3n) is 5.19. The Balaban J connectivity index is 1.73. The predicted octanol–water partition coefficient (Wildman–Crippen LogP) is 6.00. The van der Waals surface area contributed by atoms with Gasteiger partial charge in [0, 0.05) is 35.6 Å². The molecule has 0 radical (unpaired) electrons. The van der Waals surface area contributed by atoms with Crippen molar-refractivity contribution >= 4 is 21.7 Å². The summed E-state index contributed by atoms with van der Waals surface area (Å²) in [7, 11) is 0. The second-order valence-electron chi connectivity index (χ2n) is 6.99. The first-order valence-corrected chi connectivity index (χ1v) is 9.27. The zero-order valence-electron chi connectivity index (χ0n) is 15.4. The highest BCUT2D eigenvalue weighted by Gasteiger charge is 2.18. The standard InChI is InChI=1S/C24H18FN3/c1-16(28-14-18-6-2-3-7-19(18)15-28)21-12-17-9-10-20(25)13-23(17)27-24(21)22-8-4-5-11-26-22/h2-16H,1H3/t16-/m0/s1. The summed E-state index contributed by atoms with van der Waals surface area (Å²) in [5.74, 6) is -0.288. The van der Waals surface area contributed by atoms with E-state index in [-0.39, 0.29) is 11.9 Å². The van der Waals surface area contributed by atoms with Gasteiger partial charge in [0.05, 0.1) is 22.9 Å². The Bertz CT molecular complexity index is 1260. The smallest absolute Gasteiger partial charge is 0.125 e. The number of aromatic nitrogens is 3. The molecule has 28 heavy (non-hydrogen) atoms. The van der Waals surface area contributed by atoms with Gasteiger partial charge in [0.2, 0.25) is 0 Å². The third kappa shape index (κ3) is 2.83. The largest absolute Gasteiger partial charge is 0.346 e. The number of benzene rings is 2. The van der Waals surface area contributed by atoms with Gasteiger partial charge in [0.25, 0.3) is 0 Å². The summed E-state index contributed by atoms with van der Waals surface area (Å²) >= 11 is 0. The topological polar surface area (TPSA) is 30.7 Å². The van der Waals surface area contributed by atoms with E-state index in [4.69, 9.17) is 4.98 Å². The Labute approximate surface area is 162 Å². The molecule has 2 aromatic carbocycles. The van der Waals surface area contributed by atoms with Crippen molar-refractivity contribution in [1.29, 1.82) is 0 Å². The fourth-order valence-electron chi connectivity index (χ4n) is 3.67. The number of halogens is 1. The number of fused-ring (bicyclic) bond motifs is 2. The van der Waals surface area contributed by atoms with Gasteiger partial charge in [-0.1, -0.05) is 30.3 Å². The van der Waals surface area contributed by atoms with Crippen molar-refractivity contribution in [3.8, 4) is 11.4 Å². The second kappa shape index (κ2) is 6.57. The maximum Gasteiger partial charge on any atom is 0.125 e. The number of rotatable bonds is 3. The fourth-order valence-corrected chi connectivity index (χ4v) is 3.67. The van der Waals surface area contributed by atoms with Crippen LogP contribution < -0.4 is 0 Å². The lowest BCUT2D eigenvalue weighted by Gasteiger charge is -2.18. The Kier molecular flexibility index (Phi) is 3.90. The summed E-state index contributed by atoms with van der Waals surface area (Å²) in [5.41, 5.74) is 3.25. The molecule has 1 atom stereocenters. The molecule has 0 unspecified atom stereocenters. The fraction of sp³-hybridized carbons (Fsp3) is 0.0833. The minimum Gasteiger partial charge on any atom is -0.346 e. The molecule has 0 aliphatic rings. The zero-order valence-corrected chi connectivity index (χ0v) is 15.4. The van der Waals surface area contributed by atoms with E-state index in [2.05, 4.69) is 47.1 Å². The van der Waals surface area contributed by atoms with Crippen LogP contribution in [-0.4, -0.2) is 14.5 Å². The highest BCUT2D eigenvalue weighted by molar-refractivity contribution is 5.84. The minimum absolute atomic E-state index is 0.0476. The quantitative estimate of drug-likeness (QED) is 0.391. The second-order valence-corrected chi connectivity index (χ2v) is 6.99. The molecule has 0 saturated heterocycles. The Morgan fingerprint density at radius 3 is 2.32 bits per heavy atom. The molecule has 0 spiro atoms. The summed E-state index contributed by atoms with van der Waals surface area (Å²) in [6.45, 7) is 2.15. The van der Waals surface area contributed by atoms with Crippen LogP contribution >= 0.6 is 0 Å². The van der Waals surface area contributed by atoms with Crippen molar-refractivity contribution in [3.05, 3.63) is 96.7 Å². The van der Waals surface area contributed by atoms with E-state index >= 15 is 0 Å². The van der Waals surface area contributed by atoms with E-state index < -0.39 is 0 Å². The van der Waals surface area contributed by atoms with Crippen LogP contribution in [-0.2, 0) is 0 Å².